The number of pyridine rings is 1. The minimum absolute atomic E-state index is 0.230. The minimum Gasteiger partial charge on any atom is -0.396 e. The monoisotopic (exact) mass is 197 g/mol. The summed E-state index contributed by atoms with van der Waals surface area (Å²) < 4.78 is 17.7. The van der Waals surface area contributed by atoms with Crippen LogP contribution in [0.15, 0.2) is 18.5 Å². The molecule has 0 spiro atoms. The molecule has 1 aromatic heterocycles. The van der Waals surface area contributed by atoms with Gasteiger partial charge in [-0.05, 0) is 6.07 Å². The Labute approximate surface area is 81.5 Å². The van der Waals surface area contributed by atoms with E-state index in [9.17, 15) is 4.39 Å². The molecule has 1 atom stereocenters. The Bertz CT molecular complexity index is 321. The van der Waals surface area contributed by atoms with E-state index >= 15 is 0 Å². The van der Waals surface area contributed by atoms with E-state index in [4.69, 9.17) is 10.5 Å². The molecule has 14 heavy (non-hydrogen) atoms. The van der Waals surface area contributed by atoms with Gasteiger partial charge in [0.1, 0.15) is 0 Å². The van der Waals surface area contributed by atoms with Crippen molar-refractivity contribution in [1.82, 2.24) is 4.98 Å². The van der Waals surface area contributed by atoms with Gasteiger partial charge in [-0.25, -0.2) is 4.39 Å². The lowest BCUT2D eigenvalue weighted by molar-refractivity contribution is -0.0464. The first-order chi connectivity index (χ1) is 6.77. The minimum atomic E-state index is -1.23. The summed E-state index contributed by atoms with van der Waals surface area (Å²) in [6.45, 7) is 1.28. The summed E-state index contributed by atoms with van der Waals surface area (Å²) in [5.74, 6) is 0. The molecule has 2 N–H and O–H groups in total. The molecule has 0 amide bonds. The molecule has 0 bridgehead atoms. The van der Waals surface area contributed by atoms with Gasteiger partial charge in [-0.2, -0.15) is 0 Å². The van der Waals surface area contributed by atoms with Crippen molar-refractivity contribution in [2.45, 2.75) is 6.36 Å². The second-order valence-electron chi connectivity index (χ2n) is 3.16. The molecule has 0 saturated carbocycles. The summed E-state index contributed by atoms with van der Waals surface area (Å²) >= 11 is 0. The second kappa shape index (κ2) is 3.79. The number of hydrogen-bond donors (Lipinski definition) is 1. The van der Waals surface area contributed by atoms with Crippen LogP contribution in [0.5, 0.6) is 0 Å². The van der Waals surface area contributed by atoms with Gasteiger partial charge >= 0.3 is 0 Å². The van der Waals surface area contributed by atoms with Gasteiger partial charge in [0.05, 0.1) is 30.7 Å². The van der Waals surface area contributed by atoms with Crippen LogP contribution >= 0.6 is 0 Å². The van der Waals surface area contributed by atoms with Crippen molar-refractivity contribution in [2.24, 2.45) is 0 Å². The topological polar surface area (TPSA) is 51.4 Å². The van der Waals surface area contributed by atoms with Gasteiger partial charge in [-0.3, -0.25) is 4.98 Å². The van der Waals surface area contributed by atoms with Crippen molar-refractivity contribution in [3.63, 3.8) is 0 Å². The number of nitrogens with zero attached hydrogens (tertiary/aromatic N) is 2. The first-order valence-corrected chi connectivity index (χ1v) is 4.47. The third-order valence-electron chi connectivity index (χ3n) is 2.19. The van der Waals surface area contributed by atoms with E-state index in [1.54, 1.807) is 18.5 Å². The Balaban J connectivity index is 2.18. The highest BCUT2D eigenvalue weighted by Gasteiger charge is 2.20. The standard InChI is InChI=1S/C9H12FN3O/c10-9-6-13(3-4-14-9)8-1-2-12-5-7(8)11/h1-2,5,9H,3-4,6,11H2. The number of hydrogen-bond acceptors (Lipinski definition) is 4. The van der Waals surface area contributed by atoms with Gasteiger partial charge in [0, 0.05) is 12.7 Å². The van der Waals surface area contributed by atoms with Crippen LogP contribution in [0.3, 0.4) is 0 Å². The van der Waals surface area contributed by atoms with Crippen LogP contribution in [-0.4, -0.2) is 31.0 Å². The Kier molecular flexibility index (Phi) is 2.49. The van der Waals surface area contributed by atoms with Crippen molar-refractivity contribution in [1.29, 1.82) is 0 Å². The van der Waals surface area contributed by atoms with Crippen LogP contribution < -0.4 is 10.6 Å². The lowest BCUT2D eigenvalue weighted by Crippen LogP contribution is -2.40. The molecular formula is C9H12FN3O. The quantitative estimate of drug-likeness (QED) is 0.723. The highest BCUT2D eigenvalue weighted by atomic mass is 19.1. The maximum atomic E-state index is 12.9. The van der Waals surface area contributed by atoms with Crippen LogP contribution in [0.25, 0.3) is 0 Å². The molecule has 1 fully saturated rings. The maximum absolute atomic E-state index is 12.9. The normalized spacial score (nSPS) is 22.4. The molecule has 5 heteroatoms. The summed E-state index contributed by atoms with van der Waals surface area (Å²) in [6, 6.07) is 1.79. The number of nitrogen functional groups attached to an aromatic ring is 1. The second-order valence-corrected chi connectivity index (χ2v) is 3.16. The number of morpholine rings is 1. The molecule has 0 aromatic carbocycles. The van der Waals surface area contributed by atoms with E-state index in [0.717, 1.165) is 5.69 Å². The van der Waals surface area contributed by atoms with Crippen molar-refractivity contribution in [3.05, 3.63) is 18.5 Å². The molecule has 0 radical (unpaired) electrons. The molecule has 4 nitrogen and oxygen atoms in total. The molecule has 0 aliphatic carbocycles. The van der Waals surface area contributed by atoms with Gasteiger partial charge < -0.3 is 15.4 Å². The first kappa shape index (κ1) is 9.21. The van der Waals surface area contributed by atoms with Crippen LogP contribution in [-0.2, 0) is 4.74 Å². The molecular weight excluding hydrogens is 185 g/mol. The van der Waals surface area contributed by atoms with Crippen LogP contribution in [0.4, 0.5) is 15.8 Å². The number of alkyl halides is 1. The number of nitrogens with two attached hydrogens (primary N) is 1. The van der Waals surface area contributed by atoms with Gasteiger partial charge in [0.25, 0.3) is 0 Å². The van der Waals surface area contributed by atoms with E-state index in [1.807, 2.05) is 4.90 Å². The van der Waals surface area contributed by atoms with Gasteiger partial charge in [0.2, 0.25) is 6.36 Å². The van der Waals surface area contributed by atoms with Crippen LogP contribution in [0.1, 0.15) is 0 Å². The van der Waals surface area contributed by atoms with Gasteiger partial charge in [0.15, 0.2) is 0 Å². The fraction of sp³-hybridized carbons (Fsp3) is 0.444. The summed E-state index contributed by atoms with van der Waals surface area (Å²) in [7, 11) is 0. The van der Waals surface area contributed by atoms with E-state index in [-0.39, 0.29) is 6.54 Å². The molecule has 1 aliphatic heterocycles. The van der Waals surface area contributed by atoms with Crippen molar-refractivity contribution < 1.29 is 9.13 Å². The predicted molar refractivity (Wildman–Crippen MR) is 51.7 cm³/mol. The van der Waals surface area contributed by atoms with E-state index < -0.39 is 6.36 Å². The largest absolute Gasteiger partial charge is 0.396 e. The van der Waals surface area contributed by atoms with Crippen molar-refractivity contribution in [2.75, 3.05) is 30.3 Å². The first-order valence-electron chi connectivity index (χ1n) is 4.47. The van der Waals surface area contributed by atoms with Gasteiger partial charge in [-0.1, -0.05) is 0 Å². The Morgan fingerprint density at radius 2 is 2.50 bits per heavy atom. The molecule has 1 aromatic rings. The molecule has 1 aliphatic rings. The fourth-order valence-electron chi connectivity index (χ4n) is 1.51. The Morgan fingerprint density at radius 3 is 3.21 bits per heavy atom. The van der Waals surface area contributed by atoms with Gasteiger partial charge in [-0.15, -0.1) is 0 Å². The third kappa shape index (κ3) is 1.77. The predicted octanol–water partition coefficient (Wildman–Crippen LogP) is 0.796. The fourth-order valence-corrected chi connectivity index (χ4v) is 1.51. The highest BCUT2D eigenvalue weighted by molar-refractivity contribution is 5.66. The maximum Gasteiger partial charge on any atom is 0.216 e. The molecule has 2 heterocycles. The zero-order valence-corrected chi connectivity index (χ0v) is 7.69. The van der Waals surface area contributed by atoms with Crippen molar-refractivity contribution >= 4 is 11.4 Å². The Morgan fingerprint density at radius 1 is 1.64 bits per heavy atom. The summed E-state index contributed by atoms with van der Waals surface area (Å²) in [6.07, 6.45) is 1.99. The van der Waals surface area contributed by atoms with Crippen molar-refractivity contribution in [3.8, 4) is 0 Å². The highest BCUT2D eigenvalue weighted by Crippen LogP contribution is 2.23. The van der Waals surface area contributed by atoms with E-state index in [1.165, 1.54) is 0 Å². The summed E-state index contributed by atoms with van der Waals surface area (Å²) in [5, 5.41) is 0. The summed E-state index contributed by atoms with van der Waals surface area (Å²) in [4.78, 5) is 5.75. The number of ether oxygens (including phenoxy) is 1. The SMILES string of the molecule is Nc1cnccc1N1CCOC(F)C1. The Hall–Kier alpha value is -1.36. The zero-order valence-electron chi connectivity index (χ0n) is 7.69. The molecule has 76 valence electrons. The molecule has 1 unspecified atom stereocenters. The number of anilines is 2. The number of halogens is 1. The average Bonchev–Trinajstić information content (AvgIpc) is 2.18. The summed E-state index contributed by atoms with van der Waals surface area (Å²) in [5.41, 5.74) is 7.13. The molecule has 1 saturated heterocycles. The van der Waals surface area contributed by atoms with E-state index in [0.29, 0.717) is 18.8 Å². The third-order valence-corrected chi connectivity index (χ3v) is 2.19. The van der Waals surface area contributed by atoms with Crippen LogP contribution in [0, 0.1) is 0 Å². The number of rotatable bonds is 1. The lowest BCUT2D eigenvalue weighted by Gasteiger charge is -2.31. The zero-order chi connectivity index (χ0) is 9.97. The lowest BCUT2D eigenvalue weighted by atomic mass is 10.3. The smallest absolute Gasteiger partial charge is 0.216 e. The number of aromatic nitrogens is 1. The van der Waals surface area contributed by atoms with Crippen LogP contribution in [0.2, 0.25) is 0 Å². The molecule has 2 rings (SSSR count). The average molecular weight is 197 g/mol. The van der Waals surface area contributed by atoms with E-state index in [2.05, 4.69) is 4.98 Å².